The highest BCUT2D eigenvalue weighted by Crippen LogP contribution is 2.39. The van der Waals surface area contributed by atoms with E-state index >= 15 is 0 Å². The molecule has 2 fully saturated rings. The molecule has 2 saturated heterocycles. The van der Waals surface area contributed by atoms with E-state index in [0.717, 1.165) is 31.1 Å². The van der Waals surface area contributed by atoms with Crippen LogP contribution >= 0.6 is 0 Å². The van der Waals surface area contributed by atoms with E-state index in [4.69, 9.17) is 21.3 Å². The lowest BCUT2D eigenvalue weighted by Gasteiger charge is -2.41. The van der Waals surface area contributed by atoms with Gasteiger partial charge < -0.3 is 29.2 Å². The zero-order valence-corrected chi connectivity index (χ0v) is 23.1. The standard InChI is InChI=1S/C29H34F3N7O2/c1-4-26(40)39-14-13-38(17-21(39)15-33-2)27-22-10-12-37(25-8-6-5-7-23(25)29(30,31)32)18-24(22)34-28(35-27)41-19-20-9-11-36(3)16-20/h4-8,20-21H,1,9-19H2,3H3/t20-,21?/m1/s1. The van der Waals surface area contributed by atoms with Crippen molar-refractivity contribution in [3.8, 4) is 6.01 Å². The summed E-state index contributed by atoms with van der Waals surface area (Å²) in [6.45, 7) is 15.3. The molecule has 5 rings (SSSR count). The first kappa shape index (κ1) is 28.7. The molecule has 218 valence electrons. The van der Waals surface area contributed by atoms with Gasteiger partial charge in [-0.3, -0.25) is 4.79 Å². The Morgan fingerprint density at radius 2 is 1.98 bits per heavy atom. The molecule has 0 spiro atoms. The molecule has 1 unspecified atom stereocenters. The van der Waals surface area contributed by atoms with Gasteiger partial charge in [0.05, 0.1) is 24.4 Å². The number of fused-ring (bicyclic) bond motifs is 1. The molecule has 1 aromatic heterocycles. The normalized spacial score (nSPS) is 21.4. The zero-order chi connectivity index (χ0) is 29.1. The highest BCUT2D eigenvalue weighted by molar-refractivity contribution is 5.87. The minimum Gasteiger partial charge on any atom is -0.463 e. The summed E-state index contributed by atoms with van der Waals surface area (Å²) in [6.07, 6.45) is -1.76. The van der Waals surface area contributed by atoms with Crippen LogP contribution in [0.15, 0.2) is 36.9 Å². The van der Waals surface area contributed by atoms with Gasteiger partial charge in [0.15, 0.2) is 0 Å². The van der Waals surface area contributed by atoms with Gasteiger partial charge in [-0.2, -0.15) is 23.1 Å². The van der Waals surface area contributed by atoms with Crippen LogP contribution < -0.4 is 14.5 Å². The van der Waals surface area contributed by atoms with Crippen molar-refractivity contribution in [2.75, 3.05) is 69.3 Å². The number of alkyl halides is 3. The van der Waals surface area contributed by atoms with Gasteiger partial charge in [-0.25, -0.2) is 6.57 Å². The van der Waals surface area contributed by atoms with Crippen LogP contribution in [-0.2, 0) is 23.9 Å². The van der Waals surface area contributed by atoms with E-state index in [-0.39, 0.29) is 36.7 Å². The van der Waals surface area contributed by atoms with Crippen molar-refractivity contribution in [2.24, 2.45) is 5.92 Å². The summed E-state index contributed by atoms with van der Waals surface area (Å²) in [6, 6.07) is 5.47. The Morgan fingerprint density at radius 3 is 2.68 bits per heavy atom. The number of hydrogen-bond acceptors (Lipinski definition) is 7. The van der Waals surface area contributed by atoms with Crippen LogP contribution in [0.3, 0.4) is 0 Å². The summed E-state index contributed by atoms with van der Waals surface area (Å²) in [5.41, 5.74) is 0.937. The van der Waals surface area contributed by atoms with Crippen molar-refractivity contribution in [3.05, 3.63) is 65.2 Å². The van der Waals surface area contributed by atoms with Crippen LogP contribution in [0.4, 0.5) is 24.7 Å². The van der Waals surface area contributed by atoms with Crippen molar-refractivity contribution >= 4 is 17.4 Å². The Hall–Kier alpha value is -3.85. The fourth-order valence-electron chi connectivity index (χ4n) is 5.98. The van der Waals surface area contributed by atoms with Crippen molar-refractivity contribution in [3.63, 3.8) is 0 Å². The molecule has 9 nitrogen and oxygen atoms in total. The maximum Gasteiger partial charge on any atom is 0.418 e. The molecule has 0 radical (unpaired) electrons. The van der Waals surface area contributed by atoms with Crippen molar-refractivity contribution in [2.45, 2.75) is 31.6 Å². The summed E-state index contributed by atoms with van der Waals surface area (Å²) in [5, 5.41) is 0. The second kappa shape index (κ2) is 11.9. The fraction of sp³-hybridized carbons (Fsp3) is 0.517. The lowest BCUT2D eigenvalue weighted by Crippen LogP contribution is -2.56. The monoisotopic (exact) mass is 569 g/mol. The number of amides is 1. The average Bonchev–Trinajstić information content (AvgIpc) is 3.39. The Morgan fingerprint density at radius 1 is 1.17 bits per heavy atom. The van der Waals surface area contributed by atoms with Crippen molar-refractivity contribution in [1.82, 2.24) is 19.8 Å². The number of benzene rings is 1. The quantitative estimate of drug-likeness (QED) is 0.374. The molecule has 41 heavy (non-hydrogen) atoms. The average molecular weight is 570 g/mol. The number of carbonyl (C=O) groups is 1. The molecule has 12 heteroatoms. The number of carbonyl (C=O) groups excluding carboxylic acids is 1. The summed E-state index contributed by atoms with van der Waals surface area (Å²) in [7, 11) is 2.07. The van der Waals surface area contributed by atoms with Crippen LogP contribution in [-0.4, -0.2) is 91.2 Å². The van der Waals surface area contributed by atoms with Gasteiger partial charge in [-0.1, -0.05) is 18.7 Å². The molecular formula is C29H34F3N7O2. The van der Waals surface area contributed by atoms with Gasteiger partial charge in [0, 0.05) is 49.9 Å². The Balaban J connectivity index is 1.46. The number of rotatable bonds is 7. The third-order valence-electron chi connectivity index (χ3n) is 8.05. The fourth-order valence-corrected chi connectivity index (χ4v) is 5.98. The third-order valence-corrected chi connectivity index (χ3v) is 8.05. The lowest BCUT2D eigenvalue weighted by molar-refractivity contribution is -0.137. The van der Waals surface area contributed by atoms with E-state index in [1.165, 1.54) is 18.2 Å². The maximum atomic E-state index is 13.8. The van der Waals surface area contributed by atoms with E-state index in [2.05, 4.69) is 28.3 Å². The predicted octanol–water partition coefficient (Wildman–Crippen LogP) is 3.51. The first-order valence-corrected chi connectivity index (χ1v) is 13.8. The summed E-state index contributed by atoms with van der Waals surface area (Å²) >= 11 is 0. The zero-order valence-electron chi connectivity index (χ0n) is 23.1. The van der Waals surface area contributed by atoms with E-state index in [9.17, 15) is 18.0 Å². The molecule has 4 heterocycles. The van der Waals surface area contributed by atoms with Gasteiger partial charge >= 0.3 is 12.2 Å². The summed E-state index contributed by atoms with van der Waals surface area (Å²) in [5.74, 6) is 0.792. The molecule has 2 atom stereocenters. The number of aromatic nitrogens is 2. The SMILES string of the molecule is [C-]#[N+]CC1CN(c2nc(OC[C@@H]3CCN(C)C3)nc3c2CCN(c2ccccc2C(F)(F)F)C3)CCN1C(=O)C=C. The minimum absolute atomic E-state index is 0.121. The van der Waals surface area contributed by atoms with Crippen LogP contribution in [0.5, 0.6) is 6.01 Å². The summed E-state index contributed by atoms with van der Waals surface area (Å²) in [4.78, 5) is 33.2. The molecule has 0 saturated carbocycles. The predicted molar refractivity (Wildman–Crippen MR) is 149 cm³/mol. The topological polar surface area (TPSA) is 69.4 Å². The molecule has 1 amide bonds. The number of para-hydroxylation sites is 1. The molecular weight excluding hydrogens is 535 g/mol. The van der Waals surface area contributed by atoms with E-state index in [0.29, 0.717) is 56.6 Å². The lowest BCUT2D eigenvalue weighted by atomic mass is 10.0. The largest absolute Gasteiger partial charge is 0.463 e. The van der Waals surface area contributed by atoms with Gasteiger partial charge in [0.25, 0.3) is 0 Å². The molecule has 3 aliphatic rings. The van der Waals surface area contributed by atoms with Gasteiger partial charge in [-0.05, 0) is 44.6 Å². The second-order valence-corrected chi connectivity index (χ2v) is 10.8. The Labute approximate surface area is 238 Å². The molecule has 0 N–H and O–H groups in total. The first-order valence-electron chi connectivity index (χ1n) is 13.8. The van der Waals surface area contributed by atoms with Crippen LogP contribution in [0.25, 0.3) is 4.85 Å². The Kier molecular flexibility index (Phi) is 8.35. The van der Waals surface area contributed by atoms with Crippen LogP contribution in [0.2, 0.25) is 0 Å². The number of anilines is 2. The molecule has 2 aromatic rings. The number of ether oxygens (including phenoxy) is 1. The van der Waals surface area contributed by atoms with Gasteiger partial charge in [-0.15, -0.1) is 0 Å². The van der Waals surface area contributed by atoms with Crippen molar-refractivity contribution in [1.29, 1.82) is 0 Å². The highest BCUT2D eigenvalue weighted by atomic mass is 19.4. The minimum atomic E-state index is -4.48. The molecule has 0 bridgehead atoms. The van der Waals surface area contributed by atoms with Gasteiger partial charge in [0.2, 0.25) is 12.5 Å². The number of piperazine rings is 1. The summed E-state index contributed by atoms with van der Waals surface area (Å²) < 4.78 is 47.6. The van der Waals surface area contributed by atoms with E-state index in [1.54, 1.807) is 15.9 Å². The van der Waals surface area contributed by atoms with E-state index < -0.39 is 11.7 Å². The number of hydrogen-bond donors (Lipinski definition) is 0. The van der Waals surface area contributed by atoms with Gasteiger partial charge in [0.1, 0.15) is 11.9 Å². The smallest absolute Gasteiger partial charge is 0.418 e. The molecule has 0 aliphatic carbocycles. The second-order valence-electron chi connectivity index (χ2n) is 10.8. The van der Waals surface area contributed by atoms with Crippen molar-refractivity contribution < 1.29 is 22.7 Å². The highest BCUT2D eigenvalue weighted by Gasteiger charge is 2.37. The molecule has 3 aliphatic heterocycles. The Bertz CT molecular complexity index is 1330. The number of likely N-dealkylation sites (tertiary alicyclic amines) is 1. The van der Waals surface area contributed by atoms with E-state index in [1.807, 2.05) is 0 Å². The number of nitrogens with zero attached hydrogens (tertiary/aromatic N) is 7. The van der Waals surface area contributed by atoms with Crippen LogP contribution in [0.1, 0.15) is 23.2 Å². The van der Waals surface area contributed by atoms with Crippen LogP contribution in [0, 0.1) is 12.5 Å². The number of halogens is 3. The molecule has 1 aromatic carbocycles. The maximum absolute atomic E-state index is 13.8. The third kappa shape index (κ3) is 6.25. The first-order chi connectivity index (χ1) is 19.7.